The van der Waals surface area contributed by atoms with E-state index in [1.807, 2.05) is 56.3 Å². The highest BCUT2D eigenvalue weighted by molar-refractivity contribution is 5.82. The van der Waals surface area contributed by atoms with Crippen molar-refractivity contribution >= 4 is 22.8 Å². The summed E-state index contributed by atoms with van der Waals surface area (Å²) in [4.78, 5) is 45.7. The Morgan fingerprint density at radius 2 is 1.74 bits per heavy atom. The van der Waals surface area contributed by atoms with E-state index in [1.54, 1.807) is 22.5 Å². The van der Waals surface area contributed by atoms with Gasteiger partial charge in [0.05, 0.1) is 35.7 Å². The number of carbonyl (C=O) groups excluding carboxylic acids is 2. The van der Waals surface area contributed by atoms with Gasteiger partial charge < -0.3 is 9.64 Å². The average Bonchev–Trinajstić information content (AvgIpc) is 2.86. The van der Waals surface area contributed by atoms with Crippen LogP contribution in [-0.4, -0.2) is 39.5 Å². The van der Waals surface area contributed by atoms with Crippen molar-refractivity contribution in [3.8, 4) is 5.69 Å². The first-order valence-electron chi connectivity index (χ1n) is 12.4. The van der Waals surface area contributed by atoms with Gasteiger partial charge >= 0.3 is 5.97 Å². The van der Waals surface area contributed by atoms with Crippen LogP contribution in [0.3, 0.4) is 0 Å². The third kappa shape index (κ3) is 6.15. The van der Waals surface area contributed by atoms with Crippen LogP contribution in [0.15, 0.2) is 53.3 Å². The number of rotatable bonds is 11. The third-order valence-corrected chi connectivity index (χ3v) is 6.08. The first kappa shape index (κ1) is 26.1. The minimum absolute atomic E-state index is 0.0294. The summed E-state index contributed by atoms with van der Waals surface area (Å²) < 4.78 is 6.64. The first-order chi connectivity index (χ1) is 16.9. The van der Waals surface area contributed by atoms with Crippen molar-refractivity contribution in [2.45, 2.75) is 65.8 Å². The number of fused-ring (bicyclic) bond motifs is 1. The van der Waals surface area contributed by atoms with E-state index in [9.17, 15) is 14.4 Å². The summed E-state index contributed by atoms with van der Waals surface area (Å²) in [5, 5.41) is 0.528. The molecule has 0 saturated heterocycles. The molecule has 186 valence electrons. The minimum atomic E-state index is -0.421. The van der Waals surface area contributed by atoms with Crippen LogP contribution in [0.5, 0.6) is 0 Å². The average molecular weight is 478 g/mol. The summed E-state index contributed by atoms with van der Waals surface area (Å²) in [5.41, 5.74) is 2.23. The van der Waals surface area contributed by atoms with Crippen molar-refractivity contribution in [1.82, 2.24) is 14.5 Å². The summed E-state index contributed by atoms with van der Waals surface area (Å²) in [6.07, 6.45) is 2.38. The van der Waals surface area contributed by atoms with Crippen molar-refractivity contribution in [2.24, 2.45) is 0 Å². The topological polar surface area (TPSA) is 81.5 Å². The highest BCUT2D eigenvalue weighted by Crippen LogP contribution is 2.27. The predicted octanol–water partition coefficient (Wildman–Crippen LogP) is 5.12. The zero-order valence-corrected chi connectivity index (χ0v) is 21.1. The Kier molecular flexibility index (Phi) is 9.18. The molecule has 1 heterocycles. The fourth-order valence-electron chi connectivity index (χ4n) is 4.23. The van der Waals surface area contributed by atoms with Crippen molar-refractivity contribution in [1.29, 1.82) is 0 Å². The molecule has 1 unspecified atom stereocenters. The molecule has 2 aromatic carbocycles. The molecule has 0 radical (unpaired) electrons. The monoisotopic (exact) mass is 477 g/mol. The van der Waals surface area contributed by atoms with Crippen LogP contribution in [0, 0.1) is 6.92 Å². The van der Waals surface area contributed by atoms with E-state index in [0.29, 0.717) is 35.4 Å². The molecule has 1 aromatic heterocycles. The smallest absolute Gasteiger partial charge is 0.306 e. The van der Waals surface area contributed by atoms with E-state index in [1.165, 1.54) is 0 Å². The highest BCUT2D eigenvalue weighted by Gasteiger charge is 2.29. The second-order valence-corrected chi connectivity index (χ2v) is 8.63. The Labute approximate surface area is 206 Å². The van der Waals surface area contributed by atoms with Crippen LogP contribution in [-0.2, 0) is 14.3 Å². The van der Waals surface area contributed by atoms with Gasteiger partial charge in [-0.25, -0.2) is 4.98 Å². The Morgan fingerprint density at radius 3 is 2.40 bits per heavy atom. The number of benzene rings is 2. The minimum Gasteiger partial charge on any atom is -0.466 e. The van der Waals surface area contributed by atoms with Gasteiger partial charge in [-0.2, -0.15) is 0 Å². The van der Waals surface area contributed by atoms with Gasteiger partial charge in [-0.3, -0.25) is 19.0 Å². The number of nitrogens with zero attached hydrogens (tertiary/aromatic N) is 3. The van der Waals surface area contributed by atoms with Gasteiger partial charge in [0, 0.05) is 13.0 Å². The van der Waals surface area contributed by atoms with E-state index in [-0.39, 0.29) is 36.9 Å². The Morgan fingerprint density at radius 1 is 1.03 bits per heavy atom. The van der Waals surface area contributed by atoms with E-state index in [4.69, 9.17) is 9.72 Å². The maximum atomic E-state index is 13.7. The van der Waals surface area contributed by atoms with Gasteiger partial charge in [-0.05, 0) is 51.0 Å². The molecule has 1 amide bonds. The van der Waals surface area contributed by atoms with Gasteiger partial charge in [-0.15, -0.1) is 0 Å². The standard InChI is InChI=1S/C28H35N3O4/c1-5-8-19-30(25(32)17-18-26(33)35-7-3)24(6-2)27-29-23-12-10-9-11-22(23)28(34)31(27)21-15-13-20(4)14-16-21/h9-16,24H,5-8,17-19H2,1-4H3. The number of hydrogen-bond donors (Lipinski definition) is 0. The lowest BCUT2D eigenvalue weighted by Gasteiger charge is -2.32. The molecule has 0 spiro atoms. The van der Waals surface area contributed by atoms with Crippen LogP contribution < -0.4 is 5.56 Å². The number of hydrogen-bond acceptors (Lipinski definition) is 5. The molecule has 7 heteroatoms. The molecule has 0 N–H and O–H groups in total. The largest absolute Gasteiger partial charge is 0.466 e. The summed E-state index contributed by atoms with van der Waals surface area (Å²) in [7, 11) is 0. The lowest BCUT2D eigenvalue weighted by atomic mass is 10.1. The predicted molar refractivity (Wildman–Crippen MR) is 138 cm³/mol. The Hall–Kier alpha value is -3.48. The van der Waals surface area contributed by atoms with Gasteiger partial charge in [0.15, 0.2) is 0 Å². The number of amides is 1. The maximum absolute atomic E-state index is 13.7. The summed E-state index contributed by atoms with van der Waals surface area (Å²) in [5.74, 6) is 0.00147. The molecule has 35 heavy (non-hydrogen) atoms. The van der Waals surface area contributed by atoms with E-state index < -0.39 is 6.04 Å². The second-order valence-electron chi connectivity index (χ2n) is 8.63. The number of ether oxygens (including phenoxy) is 1. The molecule has 0 aliphatic heterocycles. The van der Waals surface area contributed by atoms with Gasteiger partial charge in [-0.1, -0.05) is 50.1 Å². The molecule has 0 aliphatic carbocycles. The molecule has 3 aromatic rings. The molecule has 0 aliphatic rings. The highest BCUT2D eigenvalue weighted by atomic mass is 16.5. The number of carbonyl (C=O) groups is 2. The number of para-hydroxylation sites is 1. The fraction of sp³-hybridized carbons (Fsp3) is 0.429. The molecule has 0 bridgehead atoms. The van der Waals surface area contributed by atoms with Crippen molar-refractivity contribution < 1.29 is 14.3 Å². The quantitative estimate of drug-likeness (QED) is 0.358. The van der Waals surface area contributed by atoms with Crippen LogP contribution in [0.1, 0.15) is 70.3 Å². The fourth-order valence-corrected chi connectivity index (χ4v) is 4.23. The lowest BCUT2D eigenvalue weighted by molar-refractivity contribution is -0.146. The van der Waals surface area contributed by atoms with Crippen LogP contribution in [0.4, 0.5) is 0 Å². The number of aromatic nitrogens is 2. The molecule has 0 saturated carbocycles. The molecule has 7 nitrogen and oxygen atoms in total. The van der Waals surface area contributed by atoms with Crippen LogP contribution in [0.25, 0.3) is 16.6 Å². The van der Waals surface area contributed by atoms with Crippen LogP contribution >= 0.6 is 0 Å². The summed E-state index contributed by atoms with van der Waals surface area (Å²) >= 11 is 0. The van der Waals surface area contributed by atoms with Gasteiger partial charge in [0.25, 0.3) is 5.56 Å². The number of aryl methyl sites for hydroxylation is 1. The van der Waals surface area contributed by atoms with Gasteiger partial charge in [0.1, 0.15) is 5.82 Å². The van der Waals surface area contributed by atoms with E-state index in [2.05, 4.69) is 6.92 Å². The summed E-state index contributed by atoms with van der Waals surface area (Å²) in [6.45, 7) is 8.61. The zero-order valence-electron chi connectivity index (χ0n) is 21.1. The zero-order chi connectivity index (χ0) is 25.4. The molecule has 0 fully saturated rings. The van der Waals surface area contributed by atoms with E-state index >= 15 is 0 Å². The molecular weight excluding hydrogens is 442 g/mol. The first-order valence-corrected chi connectivity index (χ1v) is 12.4. The van der Waals surface area contributed by atoms with Crippen molar-refractivity contribution in [3.63, 3.8) is 0 Å². The van der Waals surface area contributed by atoms with Crippen molar-refractivity contribution in [2.75, 3.05) is 13.2 Å². The second kappa shape index (κ2) is 12.3. The molecule has 3 rings (SSSR count). The molecule has 1 atom stereocenters. The van der Waals surface area contributed by atoms with E-state index in [0.717, 1.165) is 18.4 Å². The normalized spacial score (nSPS) is 11.9. The Balaban J connectivity index is 2.13. The number of unbranched alkanes of at least 4 members (excludes halogenated alkanes) is 1. The third-order valence-electron chi connectivity index (χ3n) is 6.08. The maximum Gasteiger partial charge on any atom is 0.306 e. The van der Waals surface area contributed by atoms with Crippen LogP contribution in [0.2, 0.25) is 0 Å². The van der Waals surface area contributed by atoms with Gasteiger partial charge in [0.2, 0.25) is 5.91 Å². The van der Waals surface area contributed by atoms with Crippen molar-refractivity contribution in [3.05, 3.63) is 70.3 Å². The lowest BCUT2D eigenvalue weighted by Crippen LogP contribution is -2.39. The summed E-state index contributed by atoms with van der Waals surface area (Å²) in [6, 6.07) is 14.6. The molecular formula is C28H35N3O4. The SMILES string of the molecule is CCCCN(C(=O)CCC(=O)OCC)C(CC)c1nc2ccccc2c(=O)n1-c1ccc(C)cc1. The Bertz CT molecular complexity index is 1220. The number of esters is 1.